The number of guanidine groups is 1. The van der Waals surface area contributed by atoms with Crippen LogP contribution in [0.25, 0.3) is 0 Å². The average molecular weight is 567 g/mol. The molecule has 0 bridgehead atoms. The van der Waals surface area contributed by atoms with Crippen molar-refractivity contribution in [2.75, 3.05) is 32.8 Å². The Bertz CT molecular complexity index is 560. The van der Waals surface area contributed by atoms with Gasteiger partial charge in [0.15, 0.2) is 5.96 Å². The highest BCUT2D eigenvalue weighted by Crippen LogP contribution is 2.16. The van der Waals surface area contributed by atoms with Crippen molar-refractivity contribution < 1.29 is 4.74 Å². The zero-order chi connectivity index (χ0) is 19.5. The van der Waals surface area contributed by atoms with E-state index in [2.05, 4.69) is 76.5 Å². The van der Waals surface area contributed by atoms with Crippen molar-refractivity contribution in [2.24, 2.45) is 4.99 Å². The van der Waals surface area contributed by atoms with Gasteiger partial charge >= 0.3 is 0 Å². The van der Waals surface area contributed by atoms with Gasteiger partial charge < -0.3 is 15.4 Å². The number of benzene rings is 1. The summed E-state index contributed by atoms with van der Waals surface area (Å²) >= 11 is 3.50. The van der Waals surface area contributed by atoms with Gasteiger partial charge in [0.25, 0.3) is 0 Å². The van der Waals surface area contributed by atoms with Crippen molar-refractivity contribution in [3.63, 3.8) is 0 Å². The molecule has 2 rings (SSSR count). The molecule has 2 N–H and O–H groups in total. The fourth-order valence-corrected chi connectivity index (χ4v) is 3.44. The highest BCUT2D eigenvalue weighted by atomic mass is 127. The molecule has 0 amide bonds. The molecule has 0 aliphatic carbocycles. The molecular formula is C21H36BrIN4O. The molecule has 1 fully saturated rings. The fourth-order valence-electron chi connectivity index (χ4n) is 3.17. The van der Waals surface area contributed by atoms with Crippen molar-refractivity contribution in [2.45, 2.75) is 58.7 Å². The van der Waals surface area contributed by atoms with Crippen LogP contribution in [0, 0.1) is 0 Å². The maximum Gasteiger partial charge on any atom is 0.191 e. The van der Waals surface area contributed by atoms with E-state index >= 15 is 0 Å². The van der Waals surface area contributed by atoms with Crippen LogP contribution in [-0.2, 0) is 11.3 Å². The molecule has 1 aliphatic heterocycles. The van der Waals surface area contributed by atoms with Crippen LogP contribution in [0.15, 0.2) is 33.7 Å². The molecule has 0 aromatic heterocycles. The van der Waals surface area contributed by atoms with Gasteiger partial charge in [0.1, 0.15) is 0 Å². The summed E-state index contributed by atoms with van der Waals surface area (Å²) in [4.78, 5) is 7.23. The van der Waals surface area contributed by atoms with Crippen LogP contribution in [0.2, 0.25) is 0 Å². The maximum atomic E-state index is 5.58. The van der Waals surface area contributed by atoms with E-state index in [0.29, 0.717) is 12.1 Å². The van der Waals surface area contributed by atoms with Gasteiger partial charge in [-0.1, -0.05) is 28.1 Å². The van der Waals surface area contributed by atoms with Crippen molar-refractivity contribution in [3.8, 4) is 0 Å². The van der Waals surface area contributed by atoms with Gasteiger partial charge in [-0.05, 0) is 57.7 Å². The second-order valence-electron chi connectivity index (χ2n) is 7.35. The molecule has 0 unspecified atom stereocenters. The zero-order valence-corrected chi connectivity index (χ0v) is 21.3. The standard InChI is InChI=1S/C21H35BrN4O.HI/c1-4-23-21(24-12-5-15-27-17(2)3)25-20-10-13-26(14-11-20)16-18-6-8-19(22)9-7-18;/h6-9,17,20H,4-5,10-16H2,1-3H3,(H2,23,24,25);1H. The molecule has 1 saturated heterocycles. The lowest BCUT2D eigenvalue weighted by Gasteiger charge is -2.33. The average Bonchev–Trinajstić information content (AvgIpc) is 2.65. The molecular weight excluding hydrogens is 531 g/mol. The molecule has 1 aliphatic rings. The van der Waals surface area contributed by atoms with E-state index in [4.69, 9.17) is 9.73 Å². The molecule has 7 heteroatoms. The smallest absolute Gasteiger partial charge is 0.191 e. The van der Waals surface area contributed by atoms with Crippen molar-refractivity contribution >= 4 is 45.9 Å². The number of nitrogens with zero attached hydrogens (tertiary/aromatic N) is 2. The van der Waals surface area contributed by atoms with E-state index < -0.39 is 0 Å². The van der Waals surface area contributed by atoms with Crippen LogP contribution in [0.1, 0.15) is 45.6 Å². The number of halogens is 2. The molecule has 160 valence electrons. The second kappa shape index (κ2) is 14.6. The minimum Gasteiger partial charge on any atom is -0.379 e. The Labute approximate surface area is 196 Å². The Hall–Kier alpha value is -0.380. The molecule has 1 aromatic rings. The van der Waals surface area contributed by atoms with Gasteiger partial charge in [0, 0.05) is 49.8 Å². The molecule has 28 heavy (non-hydrogen) atoms. The summed E-state index contributed by atoms with van der Waals surface area (Å²) in [6, 6.07) is 9.14. The molecule has 0 radical (unpaired) electrons. The van der Waals surface area contributed by atoms with Crippen LogP contribution < -0.4 is 10.6 Å². The van der Waals surface area contributed by atoms with E-state index in [1.165, 1.54) is 5.56 Å². The van der Waals surface area contributed by atoms with Crippen molar-refractivity contribution in [1.82, 2.24) is 15.5 Å². The number of hydrogen-bond donors (Lipinski definition) is 2. The monoisotopic (exact) mass is 566 g/mol. The Balaban J connectivity index is 0.00000392. The van der Waals surface area contributed by atoms with Crippen LogP contribution >= 0.6 is 39.9 Å². The van der Waals surface area contributed by atoms with Crippen molar-refractivity contribution in [1.29, 1.82) is 0 Å². The lowest BCUT2D eigenvalue weighted by atomic mass is 10.0. The number of ether oxygens (including phenoxy) is 1. The van der Waals surface area contributed by atoms with Gasteiger partial charge in [-0.3, -0.25) is 9.89 Å². The third-order valence-corrected chi connectivity index (χ3v) is 5.14. The van der Waals surface area contributed by atoms with Gasteiger partial charge in [-0.2, -0.15) is 0 Å². The maximum absolute atomic E-state index is 5.58. The van der Waals surface area contributed by atoms with Crippen LogP contribution in [0.5, 0.6) is 0 Å². The van der Waals surface area contributed by atoms with Crippen LogP contribution in [0.3, 0.4) is 0 Å². The Morgan fingerprint density at radius 3 is 2.54 bits per heavy atom. The molecule has 1 heterocycles. The molecule has 1 aromatic carbocycles. The number of hydrogen-bond acceptors (Lipinski definition) is 3. The largest absolute Gasteiger partial charge is 0.379 e. The predicted octanol–water partition coefficient (Wildman–Crippen LogP) is 4.40. The van der Waals surface area contributed by atoms with Gasteiger partial charge in [-0.15, -0.1) is 24.0 Å². The van der Waals surface area contributed by atoms with Gasteiger partial charge in [0.2, 0.25) is 0 Å². The summed E-state index contributed by atoms with van der Waals surface area (Å²) in [7, 11) is 0. The first-order valence-corrected chi connectivity index (χ1v) is 11.0. The van der Waals surface area contributed by atoms with Gasteiger partial charge in [-0.25, -0.2) is 0 Å². The fraction of sp³-hybridized carbons (Fsp3) is 0.667. The minimum absolute atomic E-state index is 0. The first-order chi connectivity index (χ1) is 13.1. The third kappa shape index (κ3) is 10.4. The van der Waals surface area contributed by atoms with E-state index in [9.17, 15) is 0 Å². The van der Waals surface area contributed by atoms with Crippen LogP contribution in [0.4, 0.5) is 0 Å². The highest BCUT2D eigenvalue weighted by molar-refractivity contribution is 14.0. The topological polar surface area (TPSA) is 48.9 Å². The summed E-state index contributed by atoms with van der Waals surface area (Å²) in [5, 5.41) is 6.98. The summed E-state index contributed by atoms with van der Waals surface area (Å²) in [5.41, 5.74) is 1.38. The first kappa shape index (κ1) is 25.7. The highest BCUT2D eigenvalue weighted by Gasteiger charge is 2.20. The lowest BCUT2D eigenvalue weighted by Crippen LogP contribution is -2.48. The van der Waals surface area contributed by atoms with Crippen molar-refractivity contribution in [3.05, 3.63) is 34.3 Å². The van der Waals surface area contributed by atoms with Gasteiger partial charge in [0.05, 0.1) is 6.10 Å². The second-order valence-corrected chi connectivity index (χ2v) is 8.27. The summed E-state index contributed by atoms with van der Waals surface area (Å²) in [6.45, 7) is 12.0. The summed E-state index contributed by atoms with van der Waals surface area (Å²) < 4.78 is 6.72. The number of aliphatic imine (C=N–C) groups is 1. The third-order valence-electron chi connectivity index (χ3n) is 4.62. The number of piperidine rings is 1. The number of likely N-dealkylation sites (tertiary alicyclic amines) is 1. The molecule has 5 nitrogen and oxygen atoms in total. The van der Waals surface area contributed by atoms with E-state index in [0.717, 1.165) is 69.0 Å². The summed E-state index contributed by atoms with van der Waals surface area (Å²) in [6.07, 6.45) is 3.55. The normalized spacial score (nSPS) is 16.1. The summed E-state index contributed by atoms with van der Waals surface area (Å²) in [5.74, 6) is 0.938. The van der Waals surface area contributed by atoms with Crippen LogP contribution in [-0.4, -0.2) is 55.8 Å². The molecule has 0 saturated carbocycles. The Kier molecular flexibility index (Phi) is 13.4. The van der Waals surface area contributed by atoms with E-state index in [-0.39, 0.29) is 24.0 Å². The minimum atomic E-state index is 0. The first-order valence-electron chi connectivity index (χ1n) is 10.2. The Morgan fingerprint density at radius 1 is 1.25 bits per heavy atom. The quantitative estimate of drug-likeness (QED) is 0.201. The zero-order valence-electron chi connectivity index (χ0n) is 17.4. The van der Waals surface area contributed by atoms with E-state index in [1.807, 2.05) is 0 Å². The number of rotatable bonds is 9. The molecule has 0 spiro atoms. The Morgan fingerprint density at radius 2 is 1.93 bits per heavy atom. The molecule has 0 atom stereocenters. The number of nitrogens with one attached hydrogen (secondary N) is 2. The van der Waals surface area contributed by atoms with E-state index in [1.54, 1.807) is 0 Å². The predicted molar refractivity (Wildman–Crippen MR) is 133 cm³/mol. The lowest BCUT2D eigenvalue weighted by molar-refractivity contribution is 0.0782. The SMILES string of the molecule is CCNC(=NCCCOC(C)C)NC1CCN(Cc2ccc(Br)cc2)CC1.I.